The van der Waals surface area contributed by atoms with Gasteiger partial charge in [-0.1, -0.05) is 13.3 Å². The summed E-state index contributed by atoms with van der Waals surface area (Å²) in [5.74, 6) is 0.0708. The standard InChI is InChI=1S/C19H28N4O2S.CH3N/c1-3-4-9-21-18(25)16-14-10-13(23(2)11-20)7-8-15(14)26-19(16)22-17(24)12-5-6-12;1-2/h11-13,20H,3-10H2,1-2H3,(H,21,25)(H,22,24);2H,1H2. The van der Waals surface area contributed by atoms with Gasteiger partial charge >= 0.3 is 0 Å². The molecule has 1 saturated carbocycles. The van der Waals surface area contributed by atoms with Crippen LogP contribution in [0.3, 0.4) is 0 Å². The van der Waals surface area contributed by atoms with Crippen molar-refractivity contribution in [1.29, 1.82) is 10.8 Å². The van der Waals surface area contributed by atoms with Crippen molar-refractivity contribution < 1.29 is 9.59 Å². The van der Waals surface area contributed by atoms with E-state index in [4.69, 9.17) is 10.8 Å². The first kappa shape index (κ1) is 22.1. The zero-order chi connectivity index (χ0) is 20.7. The first-order valence-electron chi connectivity index (χ1n) is 9.86. The number of likely N-dealkylation sites (N-methyl/N-ethyl adjacent to an activating group) is 1. The highest BCUT2D eigenvalue weighted by atomic mass is 32.1. The van der Waals surface area contributed by atoms with Crippen molar-refractivity contribution in [2.24, 2.45) is 5.92 Å². The molecule has 0 aromatic carbocycles. The number of nitrogens with zero attached hydrogens (tertiary/aromatic N) is 1. The van der Waals surface area contributed by atoms with Gasteiger partial charge in [0.25, 0.3) is 5.91 Å². The molecule has 0 saturated heterocycles. The van der Waals surface area contributed by atoms with E-state index >= 15 is 0 Å². The van der Waals surface area contributed by atoms with Crippen LogP contribution in [0.15, 0.2) is 0 Å². The molecule has 1 atom stereocenters. The maximum absolute atomic E-state index is 12.9. The van der Waals surface area contributed by atoms with E-state index in [1.165, 1.54) is 11.2 Å². The summed E-state index contributed by atoms with van der Waals surface area (Å²) < 4.78 is 0. The van der Waals surface area contributed by atoms with E-state index in [1.807, 2.05) is 11.9 Å². The number of anilines is 1. The normalized spacial score (nSPS) is 17.6. The quantitative estimate of drug-likeness (QED) is 0.303. The fourth-order valence-electron chi connectivity index (χ4n) is 3.37. The lowest BCUT2D eigenvalue weighted by Gasteiger charge is -2.29. The van der Waals surface area contributed by atoms with Crippen LogP contribution in [-0.4, -0.2) is 49.4 Å². The molecule has 4 N–H and O–H groups in total. The zero-order valence-corrected chi connectivity index (χ0v) is 17.6. The van der Waals surface area contributed by atoms with Crippen LogP contribution >= 0.6 is 11.3 Å². The Morgan fingerprint density at radius 3 is 2.64 bits per heavy atom. The lowest BCUT2D eigenvalue weighted by atomic mass is 9.90. The molecule has 0 bridgehead atoms. The van der Waals surface area contributed by atoms with E-state index in [0.717, 1.165) is 50.5 Å². The van der Waals surface area contributed by atoms with E-state index < -0.39 is 0 Å². The molecule has 154 valence electrons. The average Bonchev–Trinajstić information content (AvgIpc) is 3.50. The number of carbonyl (C=O) groups excluding carboxylic acids is 2. The predicted octanol–water partition coefficient (Wildman–Crippen LogP) is 3.29. The van der Waals surface area contributed by atoms with E-state index in [0.29, 0.717) is 17.1 Å². The molecule has 8 heteroatoms. The molecule has 7 nitrogen and oxygen atoms in total. The molecule has 2 amide bonds. The van der Waals surface area contributed by atoms with Crippen molar-refractivity contribution in [3.8, 4) is 0 Å². The summed E-state index contributed by atoms with van der Waals surface area (Å²) in [6.07, 6.45) is 7.80. The number of aryl methyl sites for hydroxylation is 1. The van der Waals surface area contributed by atoms with Crippen molar-refractivity contribution >= 4 is 41.2 Å². The van der Waals surface area contributed by atoms with Crippen molar-refractivity contribution in [1.82, 2.24) is 10.2 Å². The SMILES string of the molecule is C=N.CCCCNC(=O)c1c(NC(=O)C2CC2)sc2c1CC(N(C)C=N)CC2. The van der Waals surface area contributed by atoms with Gasteiger partial charge in [0, 0.05) is 30.4 Å². The second-order valence-corrected chi connectivity index (χ2v) is 8.38. The molecular formula is C20H31N5O2S. The minimum absolute atomic E-state index is 0.0411. The minimum atomic E-state index is -0.0831. The van der Waals surface area contributed by atoms with Crippen LogP contribution < -0.4 is 10.6 Å². The lowest BCUT2D eigenvalue weighted by molar-refractivity contribution is -0.117. The maximum atomic E-state index is 12.9. The summed E-state index contributed by atoms with van der Waals surface area (Å²) in [5, 5.41) is 19.7. The van der Waals surface area contributed by atoms with Gasteiger partial charge < -0.3 is 20.9 Å². The summed E-state index contributed by atoms with van der Waals surface area (Å²) in [5.41, 5.74) is 1.71. The molecule has 1 unspecified atom stereocenters. The van der Waals surface area contributed by atoms with Crippen LogP contribution in [0.25, 0.3) is 0 Å². The number of hydrogen-bond acceptors (Lipinski definition) is 5. The van der Waals surface area contributed by atoms with Gasteiger partial charge in [0.2, 0.25) is 5.91 Å². The monoisotopic (exact) mass is 405 g/mol. The number of thiophene rings is 1. The molecule has 0 radical (unpaired) electrons. The van der Waals surface area contributed by atoms with Crippen molar-refractivity contribution in [2.45, 2.75) is 57.9 Å². The Kier molecular flexibility index (Phi) is 8.17. The van der Waals surface area contributed by atoms with Crippen LogP contribution in [0.5, 0.6) is 0 Å². The molecule has 1 fully saturated rings. The van der Waals surface area contributed by atoms with Gasteiger partial charge in [-0.05, 0) is 50.8 Å². The number of fused-ring (bicyclic) bond motifs is 1. The van der Waals surface area contributed by atoms with E-state index in [9.17, 15) is 9.59 Å². The molecule has 1 heterocycles. The molecule has 3 rings (SSSR count). The topological polar surface area (TPSA) is 109 Å². The highest BCUT2D eigenvalue weighted by Gasteiger charge is 2.34. The second-order valence-electron chi connectivity index (χ2n) is 7.27. The maximum Gasteiger partial charge on any atom is 0.254 e. The Morgan fingerprint density at radius 2 is 2.04 bits per heavy atom. The Hall–Kier alpha value is -2.22. The highest BCUT2D eigenvalue weighted by Crippen LogP contribution is 2.40. The second kappa shape index (κ2) is 10.4. The number of hydrogen-bond donors (Lipinski definition) is 4. The summed E-state index contributed by atoms with van der Waals surface area (Å²) in [6, 6.07) is 0.226. The van der Waals surface area contributed by atoms with E-state index in [1.54, 1.807) is 11.3 Å². The van der Waals surface area contributed by atoms with Gasteiger partial charge in [0.15, 0.2) is 0 Å². The van der Waals surface area contributed by atoms with Crippen molar-refractivity contribution in [2.75, 3.05) is 18.9 Å². The molecule has 1 aromatic heterocycles. The summed E-state index contributed by atoms with van der Waals surface area (Å²) in [7, 11) is 1.91. The van der Waals surface area contributed by atoms with E-state index in [-0.39, 0.29) is 23.8 Å². The fraction of sp³-hybridized carbons (Fsp3) is 0.600. The zero-order valence-electron chi connectivity index (χ0n) is 16.8. The highest BCUT2D eigenvalue weighted by molar-refractivity contribution is 7.17. The molecule has 1 aromatic rings. The summed E-state index contributed by atoms with van der Waals surface area (Å²) in [4.78, 5) is 28.2. The van der Waals surface area contributed by atoms with Crippen LogP contribution in [-0.2, 0) is 17.6 Å². The Bertz CT molecular complexity index is 714. The van der Waals surface area contributed by atoms with Gasteiger partial charge in [-0.3, -0.25) is 15.0 Å². The van der Waals surface area contributed by atoms with Gasteiger partial charge in [0.05, 0.1) is 11.9 Å². The van der Waals surface area contributed by atoms with Crippen LogP contribution in [0.1, 0.15) is 59.8 Å². The van der Waals surface area contributed by atoms with Crippen LogP contribution in [0, 0.1) is 16.7 Å². The molecule has 0 aliphatic heterocycles. The first-order valence-corrected chi connectivity index (χ1v) is 10.7. The Labute approximate surface area is 170 Å². The van der Waals surface area contributed by atoms with Crippen LogP contribution in [0.2, 0.25) is 0 Å². The number of nitrogens with one attached hydrogen (secondary N) is 4. The first-order chi connectivity index (χ1) is 13.5. The van der Waals surface area contributed by atoms with Crippen molar-refractivity contribution in [3.63, 3.8) is 0 Å². The molecular weight excluding hydrogens is 374 g/mol. The largest absolute Gasteiger partial charge is 0.363 e. The number of unbranched alkanes of at least 4 members (excludes halogenated alkanes) is 1. The molecule has 0 spiro atoms. The van der Waals surface area contributed by atoms with Crippen molar-refractivity contribution in [3.05, 3.63) is 16.0 Å². The third-order valence-corrected chi connectivity index (χ3v) is 6.45. The molecule has 2 aliphatic carbocycles. The van der Waals surface area contributed by atoms with Gasteiger partial charge in [-0.2, -0.15) is 0 Å². The number of rotatable bonds is 8. The molecule has 2 aliphatic rings. The molecule has 28 heavy (non-hydrogen) atoms. The van der Waals surface area contributed by atoms with Gasteiger partial charge in [0.1, 0.15) is 5.00 Å². The third kappa shape index (κ3) is 5.19. The summed E-state index contributed by atoms with van der Waals surface area (Å²) >= 11 is 1.56. The predicted molar refractivity (Wildman–Crippen MR) is 115 cm³/mol. The minimum Gasteiger partial charge on any atom is -0.363 e. The van der Waals surface area contributed by atoms with Gasteiger partial charge in [-0.15, -0.1) is 11.3 Å². The smallest absolute Gasteiger partial charge is 0.254 e. The number of carbonyl (C=O) groups is 2. The Balaban J connectivity index is 0.00000136. The third-order valence-electron chi connectivity index (χ3n) is 5.24. The average molecular weight is 406 g/mol. The van der Waals surface area contributed by atoms with Crippen LogP contribution in [0.4, 0.5) is 5.00 Å². The Morgan fingerprint density at radius 1 is 1.32 bits per heavy atom. The van der Waals surface area contributed by atoms with Gasteiger partial charge in [-0.25, -0.2) is 0 Å². The number of amides is 2. The lowest BCUT2D eigenvalue weighted by Crippen LogP contribution is -2.36. The fourth-order valence-corrected chi connectivity index (χ4v) is 4.62. The summed E-state index contributed by atoms with van der Waals surface area (Å²) in [6.45, 7) is 5.25. The van der Waals surface area contributed by atoms with E-state index in [2.05, 4.69) is 24.3 Å².